The van der Waals surface area contributed by atoms with Gasteiger partial charge in [-0.05, 0) is 24.1 Å². The smallest absolute Gasteiger partial charge is 0.0408 e. The number of likely N-dealkylation sites (N-methyl/N-ethyl adjacent to an activating group) is 1. The van der Waals surface area contributed by atoms with Gasteiger partial charge in [0, 0.05) is 5.02 Å². The third kappa shape index (κ3) is 2.91. The van der Waals surface area contributed by atoms with E-state index in [0.717, 1.165) is 18.0 Å². The molecule has 1 aromatic carbocycles. The summed E-state index contributed by atoms with van der Waals surface area (Å²) in [6, 6.07) is 7.89. The molecule has 11 heavy (non-hydrogen) atoms. The Labute approximate surface area is 72.4 Å². The molecule has 0 heterocycles. The molecule has 0 radical (unpaired) electrons. The minimum Gasteiger partial charge on any atom is -0.665 e. The van der Waals surface area contributed by atoms with Crippen LogP contribution in [0.3, 0.4) is 0 Å². The standard InChI is InChI=1S/C9H11ClN/c1-11-6-5-8-3-2-4-9(10)7-8/h2-4,7H,5-6H2,1H3/q-1. The second-order valence-corrected chi connectivity index (χ2v) is 2.86. The minimum absolute atomic E-state index is 0.804. The van der Waals surface area contributed by atoms with Gasteiger partial charge in [0.15, 0.2) is 0 Å². The molecule has 0 aliphatic rings. The molecule has 1 nitrogen and oxygen atoms in total. The first-order valence-electron chi connectivity index (χ1n) is 3.63. The Bertz CT molecular complexity index is 223. The molecular weight excluding hydrogens is 158 g/mol. The van der Waals surface area contributed by atoms with E-state index >= 15 is 0 Å². The topological polar surface area (TPSA) is 14.1 Å². The summed E-state index contributed by atoms with van der Waals surface area (Å²) in [6.07, 6.45) is 0.983. The minimum atomic E-state index is 0.804. The van der Waals surface area contributed by atoms with Gasteiger partial charge in [-0.1, -0.05) is 23.7 Å². The quantitative estimate of drug-likeness (QED) is 0.659. The Morgan fingerprint density at radius 1 is 1.45 bits per heavy atom. The molecule has 0 saturated heterocycles. The molecule has 2 heteroatoms. The molecule has 1 aromatic rings. The summed E-state index contributed by atoms with van der Waals surface area (Å²) in [6.45, 7) is 0.875. The molecule has 0 fully saturated rings. The van der Waals surface area contributed by atoms with E-state index in [1.165, 1.54) is 5.56 Å². The molecule has 0 N–H and O–H groups in total. The largest absolute Gasteiger partial charge is 0.665 e. The van der Waals surface area contributed by atoms with Crippen molar-refractivity contribution < 1.29 is 0 Å². The predicted molar refractivity (Wildman–Crippen MR) is 49.3 cm³/mol. The zero-order chi connectivity index (χ0) is 8.10. The van der Waals surface area contributed by atoms with Crippen molar-refractivity contribution in [1.29, 1.82) is 0 Å². The van der Waals surface area contributed by atoms with E-state index in [1.807, 2.05) is 25.2 Å². The van der Waals surface area contributed by atoms with Crippen LogP contribution in [0.5, 0.6) is 0 Å². The van der Waals surface area contributed by atoms with Crippen molar-refractivity contribution in [2.24, 2.45) is 0 Å². The lowest BCUT2D eigenvalue weighted by Crippen LogP contribution is -1.89. The van der Waals surface area contributed by atoms with E-state index in [2.05, 4.69) is 11.4 Å². The van der Waals surface area contributed by atoms with Gasteiger partial charge >= 0.3 is 0 Å². The zero-order valence-electron chi connectivity index (χ0n) is 6.55. The van der Waals surface area contributed by atoms with E-state index in [9.17, 15) is 0 Å². The first kappa shape index (κ1) is 8.57. The highest BCUT2D eigenvalue weighted by atomic mass is 35.5. The van der Waals surface area contributed by atoms with E-state index in [-0.39, 0.29) is 0 Å². The average molecular weight is 169 g/mol. The van der Waals surface area contributed by atoms with Gasteiger partial charge < -0.3 is 5.32 Å². The second kappa shape index (κ2) is 4.37. The molecule has 0 aliphatic carbocycles. The van der Waals surface area contributed by atoms with Crippen LogP contribution in [0.15, 0.2) is 24.3 Å². The van der Waals surface area contributed by atoms with Crippen molar-refractivity contribution >= 4 is 11.6 Å². The van der Waals surface area contributed by atoms with Gasteiger partial charge in [-0.25, -0.2) is 0 Å². The van der Waals surface area contributed by atoms with Crippen LogP contribution in [0.25, 0.3) is 5.32 Å². The second-order valence-electron chi connectivity index (χ2n) is 2.42. The van der Waals surface area contributed by atoms with E-state index in [4.69, 9.17) is 11.6 Å². The summed E-state index contributed by atoms with van der Waals surface area (Å²) in [5.74, 6) is 0. The Kier molecular flexibility index (Phi) is 3.40. The van der Waals surface area contributed by atoms with Crippen molar-refractivity contribution in [2.75, 3.05) is 13.6 Å². The predicted octanol–water partition coefficient (Wildman–Crippen LogP) is 2.89. The molecule has 0 amide bonds. The normalized spacial score (nSPS) is 10.0. The van der Waals surface area contributed by atoms with Gasteiger partial charge in [0.25, 0.3) is 0 Å². The van der Waals surface area contributed by atoms with Crippen LogP contribution in [-0.2, 0) is 6.42 Å². The van der Waals surface area contributed by atoms with Crippen LogP contribution in [0.1, 0.15) is 5.56 Å². The van der Waals surface area contributed by atoms with Gasteiger partial charge in [-0.15, -0.1) is 6.54 Å². The summed E-state index contributed by atoms with van der Waals surface area (Å²) in [5.41, 5.74) is 1.25. The Balaban J connectivity index is 2.56. The molecule has 0 aromatic heterocycles. The third-order valence-corrected chi connectivity index (χ3v) is 1.75. The highest BCUT2D eigenvalue weighted by molar-refractivity contribution is 6.30. The molecule has 0 saturated carbocycles. The van der Waals surface area contributed by atoms with Crippen molar-refractivity contribution in [3.05, 3.63) is 40.2 Å². The van der Waals surface area contributed by atoms with Crippen molar-refractivity contribution in [3.8, 4) is 0 Å². The number of halogens is 1. The number of hydrogen-bond acceptors (Lipinski definition) is 0. The van der Waals surface area contributed by atoms with Crippen LogP contribution in [0.4, 0.5) is 0 Å². The molecule has 60 valence electrons. The fraction of sp³-hybridized carbons (Fsp3) is 0.333. The number of hydrogen-bond donors (Lipinski definition) is 0. The molecule has 0 spiro atoms. The Morgan fingerprint density at radius 3 is 2.91 bits per heavy atom. The molecule has 0 unspecified atom stereocenters. The fourth-order valence-electron chi connectivity index (χ4n) is 0.933. The fourth-order valence-corrected chi connectivity index (χ4v) is 1.15. The van der Waals surface area contributed by atoms with Crippen molar-refractivity contribution in [3.63, 3.8) is 0 Å². The van der Waals surface area contributed by atoms with Gasteiger partial charge in [0.2, 0.25) is 0 Å². The lowest BCUT2D eigenvalue weighted by atomic mass is 10.1. The highest BCUT2D eigenvalue weighted by Crippen LogP contribution is 2.11. The maximum atomic E-state index is 5.79. The molecule has 0 aliphatic heterocycles. The van der Waals surface area contributed by atoms with Crippen molar-refractivity contribution in [2.45, 2.75) is 6.42 Å². The zero-order valence-corrected chi connectivity index (χ0v) is 7.30. The maximum absolute atomic E-state index is 5.79. The Hall–Kier alpha value is -0.530. The summed E-state index contributed by atoms with van der Waals surface area (Å²) < 4.78 is 0. The maximum Gasteiger partial charge on any atom is 0.0408 e. The Morgan fingerprint density at radius 2 is 2.27 bits per heavy atom. The third-order valence-electron chi connectivity index (χ3n) is 1.51. The van der Waals surface area contributed by atoms with Gasteiger partial charge in [-0.2, -0.15) is 7.05 Å². The molecule has 1 rings (SSSR count). The lowest BCUT2D eigenvalue weighted by molar-refractivity contribution is 1.04. The monoisotopic (exact) mass is 168 g/mol. The van der Waals surface area contributed by atoms with Crippen LogP contribution in [-0.4, -0.2) is 13.6 Å². The first-order valence-corrected chi connectivity index (χ1v) is 4.01. The van der Waals surface area contributed by atoms with Crippen LogP contribution in [0.2, 0.25) is 5.02 Å². The summed E-state index contributed by atoms with van der Waals surface area (Å²) in [7, 11) is 1.82. The van der Waals surface area contributed by atoms with E-state index in [1.54, 1.807) is 0 Å². The van der Waals surface area contributed by atoms with Crippen LogP contribution < -0.4 is 0 Å². The van der Waals surface area contributed by atoms with Gasteiger partial charge in [0.05, 0.1) is 0 Å². The van der Waals surface area contributed by atoms with Gasteiger partial charge in [0.1, 0.15) is 0 Å². The average Bonchev–Trinajstić information content (AvgIpc) is 2.01. The SMILES string of the molecule is C[N-]CCc1cccc(Cl)c1. The van der Waals surface area contributed by atoms with E-state index < -0.39 is 0 Å². The number of benzene rings is 1. The summed E-state index contributed by atoms with van der Waals surface area (Å²) >= 11 is 5.79. The number of nitrogens with zero attached hydrogens (tertiary/aromatic N) is 1. The first-order chi connectivity index (χ1) is 5.33. The highest BCUT2D eigenvalue weighted by Gasteiger charge is 1.89. The van der Waals surface area contributed by atoms with Gasteiger partial charge in [-0.3, -0.25) is 0 Å². The van der Waals surface area contributed by atoms with E-state index in [0.29, 0.717) is 0 Å². The summed E-state index contributed by atoms with van der Waals surface area (Å²) in [4.78, 5) is 0. The number of rotatable bonds is 3. The van der Waals surface area contributed by atoms with Crippen molar-refractivity contribution in [1.82, 2.24) is 0 Å². The molecule has 0 bridgehead atoms. The molecule has 0 atom stereocenters. The summed E-state index contributed by atoms with van der Waals surface area (Å²) in [5, 5.41) is 4.82. The van der Waals surface area contributed by atoms with Crippen LogP contribution >= 0.6 is 11.6 Å². The van der Waals surface area contributed by atoms with Crippen LogP contribution in [0, 0.1) is 0 Å². The molecular formula is C9H11ClN-. The lowest BCUT2D eigenvalue weighted by Gasteiger charge is -2.09.